The molecule has 0 radical (unpaired) electrons. The molecule has 0 aromatic heterocycles. The molecule has 0 saturated carbocycles. The summed E-state index contributed by atoms with van der Waals surface area (Å²) < 4.78 is 4.89. The van der Waals surface area contributed by atoms with Crippen molar-refractivity contribution in [1.29, 1.82) is 0 Å². The molecule has 0 spiro atoms. The number of ether oxygens (including phenoxy) is 1. The Kier molecular flexibility index (Phi) is 8.45. The van der Waals surface area contributed by atoms with Crippen molar-refractivity contribution in [2.45, 2.75) is 12.8 Å². The van der Waals surface area contributed by atoms with Crippen molar-refractivity contribution in [3.05, 3.63) is 65.7 Å². The lowest BCUT2D eigenvalue weighted by Crippen LogP contribution is -2.27. The molecule has 0 atom stereocenters. The van der Waals surface area contributed by atoms with Crippen LogP contribution in [-0.2, 0) is 27.2 Å². The van der Waals surface area contributed by atoms with Crippen molar-refractivity contribution in [3.63, 3.8) is 0 Å². The van der Waals surface area contributed by atoms with Crippen LogP contribution in [0.2, 0.25) is 0 Å². The smallest absolute Gasteiger partial charge is 0.317 e. The summed E-state index contributed by atoms with van der Waals surface area (Å²) in [6.07, 6.45) is 0.128. The molecule has 0 aliphatic rings. The van der Waals surface area contributed by atoms with Gasteiger partial charge in [-0.1, -0.05) is 42.5 Å². The molecule has 26 heavy (non-hydrogen) atoms. The summed E-state index contributed by atoms with van der Waals surface area (Å²) >= 11 is 11.6. The average molecular weight is 394 g/mol. The first-order valence-electron chi connectivity index (χ1n) is 8.35. The third kappa shape index (κ3) is 6.70. The second-order valence-corrected chi connectivity index (χ2v) is 6.47. The molecular weight excluding hydrogens is 373 g/mol. The highest BCUT2D eigenvalue weighted by atomic mass is 35.5. The number of rotatable bonds is 9. The lowest BCUT2D eigenvalue weighted by molar-refractivity contribution is -0.158. The van der Waals surface area contributed by atoms with Gasteiger partial charge in [0, 0.05) is 30.5 Å². The highest BCUT2D eigenvalue weighted by Gasteiger charge is 2.12. The topological polar surface area (TPSA) is 46.6 Å². The fraction of sp³-hybridized carbons (Fsp3) is 0.300. The minimum Gasteiger partial charge on any atom is -0.393 e. The Hall–Kier alpha value is -2.04. The number of alkyl halides is 2. The molecule has 4 nitrogen and oxygen atoms in total. The Bertz CT molecular complexity index is 699. The van der Waals surface area contributed by atoms with Gasteiger partial charge in [-0.2, -0.15) is 0 Å². The van der Waals surface area contributed by atoms with Gasteiger partial charge in [-0.05, 0) is 23.3 Å². The molecule has 0 bridgehead atoms. The summed E-state index contributed by atoms with van der Waals surface area (Å²) in [6.45, 7) is 1.40. The van der Waals surface area contributed by atoms with Gasteiger partial charge in [-0.3, -0.25) is 9.59 Å². The third-order valence-corrected chi connectivity index (χ3v) is 4.12. The zero-order valence-electron chi connectivity index (χ0n) is 14.4. The van der Waals surface area contributed by atoms with Crippen molar-refractivity contribution in [2.75, 3.05) is 29.7 Å². The lowest BCUT2D eigenvalue weighted by Gasteiger charge is -2.22. The van der Waals surface area contributed by atoms with Gasteiger partial charge in [-0.25, -0.2) is 0 Å². The van der Waals surface area contributed by atoms with E-state index in [1.807, 2.05) is 54.6 Å². The minimum atomic E-state index is -0.558. The van der Waals surface area contributed by atoms with Crippen LogP contribution in [0.3, 0.4) is 0 Å². The van der Waals surface area contributed by atoms with E-state index in [0.717, 1.165) is 16.8 Å². The second-order valence-electron chi connectivity index (χ2n) is 5.72. The number of hydrogen-bond acceptors (Lipinski definition) is 4. The molecule has 2 aromatic rings. The average Bonchev–Trinajstić information content (AvgIpc) is 2.63. The van der Waals surface area contributed by atoms with Crippen LogP contribution in [-0.4, -0.2) is 36.8 Å². The number of hydrogen-bond donors (Lipinski definition) is 0. The number of anilines is 1. The van der Waals surface area contributed by atoms with Crippen LogP contribution in [0, 0.1) is 0 Å². The summed E-state index contributed by atoms with van der Waals surface area (Å²) in [6, 6.07) is 16.7. The fourth-order valence-corrected chi connectivity index (χ4v) is 2.94. The van der Waals surface area contributed by atoms with Crippen LogP contribution in [0.5, 0.6) is 0 Å². The highest BCUT2D eigenvalue weighted by Crippen LogP contribution is 2.16. The first-order chi connectivity index (χ1) is 12.6. The molecule has 2 aromatic carbocycles. The number of nitrogens with zero attached hydrogens (tertiary/aromatic N) is 1. The highest BCUT2D eigenvalue weighted by molar-refractivity contribution is 6.18. The molecule has 0 saturated heterocycles. The van der Waals surface area contributed by atoms with Crippen LogP contribution in [0.4, 0.5) is 5.69 Å². The minimum absolute atomic E-state index is 0.0474. The largest absolute Gasteiger partial charge is 0.393 e. The van der Waals surface area contributed by atoms with Gasteiger partial charge in [0.05, 0.1) is 12.8 Å². The van der Waals surface area contributed by atoms with E-state index >= 15 is 0 Å². The summed E-state index contributed by atoms with van der Waals surface area (Å²) in [5.74, 6) is -0.0894. The molecule has 0 fully saturated rings. The number of carbonyl (C=O) groups excluding carboxylic acids is 2. The number of benzene rings is 2. The van der Waals surface area contributed by atoms with Crippen LogP contribution >= 0.6 is 23.2 Å². The van der Waals surface area contributed by atoms with E-state index in [0.29, 0.717) is 24.8 Å². The first-order valence-corrected chi connectivity index (χ1v) is 9.42. The molecule has 0 N–H and O–H groups in total. The summed E-state index contributed by atoms with van der Waals surface area (Å²) in [5, 5.41) is 0. The van der Waals surface area contributed by atoms with Gasteiger partial charge < -0.3 is 9.64 Å². The number of carbonyl (C=O) groups is 2. The standard InChI is InChI=1S/C20H21Cl2NO3/c21-10-12-23(13-11-22)18-8-6-17(7-9-18)15-20(25)26-19(24)14-16-4-2-1-3-5-16/h1-9H,10-15H2. The Morgan fingerprint density at radius 3 is 1.77 bits per heavy atom. The predicted octanol–water partition coefficient (Wildman–Crippen LogP) is 3.83. The van der Waals surface area contributed by atoms with E-state index in [9.17, 15) is 9.59 Å². The van der Waals surface area contributed by atoms with Crippen molar-refractivity contribution in [1.82, 2.24) is 0 Å². The monoisotopic (exact) mass is 393 g/mol. The second kappa shape index (κ2) is 10.8. The number of halogens is 2. The Morgan fingerprint density at radius 1 is 0.769 bits per heavy atom. The predicted molar refractivity (Wildman–Crippen MR) is 105 cm³/mol. The third-order valence-electron chi connectivity index (χ3n) is 3.78. The lowest BCUT2D eigenvalue weighted by atomic mass is 10.1. The molecule has 0 aliphatic heterocycles. The van der Waals surface area contributed by atoms with E-state index in [2.05, 4.69) is 4.90 Å². The van der Waals surface area contributed by atoms with Gasteiger partial charge >= 0.3 is 11.9 Å². The SMILES string of the molecule is O=C(Cc1ccccc1)OC(=O)Cc1ccc(N(CCCl)CCCl)cc1. The van der Waals surface area contributed by atoms with Crippen molar-refractivity contribution < 1.29 is 14.3 Å². The Labute approximate surface area is 163 Å². The summed E-state index contributed by atoms with van der Waals surface area (Å²) in [5.41, 5.74) is 2.58. The maximum Gasteiger partial charge on any atom is 0.317 e. The number of esters is 2. The van der Waals surface area contributed by atoms with Gasteiger partial charge in [0.15, 0.2) is 0 Å². The Balaban J connectivity index is 1.87. The maximum absolute atomic E-state index is 11.9. The van der Waals surface area contributed by atoms with E-state index in [-0.39, 0.29) is 12.8 Å². The molecule has 0 aliphatic carbocycles. The van der Waals surface area contributed by atoms with Crippen LogP contribution in [0.15, 0.2) is 54.6 Å². The molecule has 6 heteroatoms. The maximum atomic E-state index is 11.9. The first kappa shape index (κ1) is 20.3. The van der Waals surface area contributed by atoms with E-state index in [4.69, 9.17) is 27.9 Å². The quantitative estimate of drug-likeness (QED) is 0.369. The van der Waals surface area contributed by atoms with Crippen LogP contribution in [0.25, 0.3) is 0 Å². The summed E-state index contributed by atoms with van der Waals surface area (Å²) in [4.78, 5) is 25.8. The molecule has 0 amide bonds. The van der Waals surface area contributed by atoms with Crippen LogP contribution in [0.1, 0.15) is 11.1 Å². The van der Waals surface area contributed by atoms with Gasteiger partial charge in [0.25, 0.3) is 0 Å². The fourth-order valence-electron chi connectivity index (χ4n) is 2.53. The molecule has 0 unspecified atom stereocenters. The molecule has 2 rings (SSSR count). The molecule has 138 valence electrons. The van der Waals surface area contributed by atoms with E-state index in [1.54, 1.807) is 0 Å². The van der Waals surface area contributed by atoms with Crippen molar-refractivity contribution in [2.24, 2.45) is 0 Å². The van der Waals surface area contributed by atoms with Gasteiger partial charge in [0.1, 0.15) is 0 Å². The zero-order chi connectivity index (χ0) is 18.8. The molecule has 0 heterocycles. The van der Waals surface area contributed by atoms with Crippen molar-refractivity contribution in [3.8, 4) is 0 Å². The normalized spacial score (nSPS) is 10.4. The molecular formula is C20H21Cl2NO3. The van der Waals surface area contributed by atoms with E-state index < -0.39 is 11.9 Å². The van der Waals surface area contributed by atoms with E-state index in [1.165, 1.54) is 0 Å². The zero-order valence-corrected chi connectivity index (χ0v) is 15.9. The summed E-state index contributed by atoms with van der Waals surface area (Å²) in [7, 11) is 0. The van der Waals surface area contributed by atoms with Gasteiger partial charge in [-0.15, -0.1) is 23.2 Å². The van der Waals surface area contributed by atoms with Crippen molar-refractivity contribution >= 4 is 40.8 Å². The Morgan fingerprint density at radius 2 is 1.27 bits per heavy atom. The van der Waals surface area contributed by atoms with Gasteiger partial charge in [0.2, 0.25) is 0 Å². The van der Waals surface area contributed by atoms with Crippen LogP contribution < -0.4 is 4.90 Å².